The lowest BCUT2D eigenvalue weighted by Gasteiger charge is -2.31. The van der Waals surface area contributed by atoms with Gasteiger partial charge in [0.05, 0.1) is 24.7 Å². The number of hydrogen-bond acceptors (Lipinski definition) is 5. The Kier molecular flexibility index (Phi) is 6.26. The lowest BCUT2D eigenvalue weighted by atomic mass is 10.1. The molecular weight excluding hydrogens is 266 g/mol. The molecular formula is C16H27N3O2. The van der Waals surface area contributed by atoms with Gasteiger partial charge >= 0.3 is 0 Å². The molecule has 0 aliphatic carbocycles. The number of nitrogens with zero attached hydrogens (tertiary/aromatic N) is 2. The van der Waals surface area contributed by atoms with Crippen LogP contribution in [0, 0.1) is 5.92 Å². The van der Waals surface area contributed by atoms with E-state index in [4.69, 9.17) is 15.2 Å². The molecule has 0 unspecified atom stereocenters. The van der Waals surface area contributed by atoms with Crippen LogP contribution in [0.5, 0.6) is 5.75 Å². The van der Waals surface area contributed by atoms with Crippen molar-refractivity contribution in [3.05, 3.63) is 18.5 Å². The minimum Gasteiger partial charge on any atom is -0.489 e. The molecule has 1 aliphatic heterocycles. The Balaban J connectivity index is 1.78. The summed E-state index contributed by atoms with van der Waals surface area (Å²) in [5.41, 5.74) is 7.05. The molecule has 21 heavy (non-hydrogen) atoms. The summed E-state index contributed by atoms with van der Waals surface area (Å²) in [7, 11) is 0. The fourth-order valence-corrected chi connectivity index (χ4v) is 2.35. The van der Waals surface area contributed by atoms with Crippen molar-refractivity contribution in [3.63, 3.8) is 0 Å². The Labute approximate surface area is 127 Å². The zero-order valence-corrected chi connectivity index (χ0v) is 13.1. The molecule has 2 N–H and O–H groups in total. The molecule has 2 heterocycles. The summed E-state index contributed by atoms with van der Waals surface area (Å²) in [4.78, 5) is 6.59. The maximum absolute atomic E-state index is 5.94. The highest BCUT2D eigenvalue weighted by molar-refractivity contribution is 5.48. The average molecular weight is 293 g/mol. The molecule has 1 aliphatic rings. The summed E-state index contributed by atoms with van der Waals surface area (Å²) in [6.45, 7) is 8.20. The number of aromatic nitrogens is 1. The number of piperidine rings is 1. The van der Waals surface area contributed by atoms with Crippen molar-refractivity contribution in [2.45, 2.75) is 32.7 Å². The molecule has 2 rings (SSSR count). The van der Waals surface area contributed by atoms with E-state index in [1.165, 1.54) is 0 Å². The monoisotopic (exact) mass is 293 g/mol. The first-order valence-electron chi connectivity index (χ1n) is 7.81. The molecule has 5 heteroatoms. The van der Waals surface area contributed by atoms with Crippen molar-refractivity contribution >= 4 is 5.69 Å². The first kappa shape index (κ1) is 16.0. The molecule has 0 atom stereocenters. The van der Waals surface area contributed by atoms with E-state index in [1.807, 2.05) is 12.3 Å². The van der Waals surface area contributed by atoms with Crippen LogP contribution in [-0.4, -0.2) is 43.9 Å². The van der Waals surface area contributed by atoms with Gasteiger partial charge in [-0.2, -0.15) is 0 Å². The fourth-order valence-electron chi connectivity index (χ4n) is 2.35. The molecule has 1 aromatic rings. The van der Waals surface area contributed by atoms with Crippen molar-refractivity contribution in [3.8, 4) is 5.75 Å². The number of pyridine rings is 1. The van der Waals surface area contributed by atoms with E-state index in [0.717, 1.165) is 44.0 Å². The van der Waals surface area contributed by atoms with Crippen LogP contribution in [0.4, 0.5) is 5.69 Å². The van der Waals surface area contributed by atoms with E-state index >= 15 is 0 Å². The van der Waals surface area contributed by atoms with Crippen LogP contribution in [0.25, 0.3) is 0 Å². The summed E-state index contributed by atoms with van der Waals surface area (Å²) in [5, 5.41) is 0. The smallest absolute Gasteiger partial charge is 0.139 e. The van der Waals surface area contributed by atoms with Gasteiger partial charge in [0.1, 0.15) is 12.4 Å². The molecule has 0 spiro atoms. The largest absolute Gasteiger partial charge is 0.489 e. The van der Waals surface area contributed by atoms with Gasteiger partial charge in [-0.25, -0.2) is 0 Å². The van der Waals surface area contributed by atoms with E-state index in [2.05, 4.69) is 23.7 Å². The molecule has 118 valence electrons. The predicted molar refractivity (Wildman–Crippen MR) is 84.8 cm³/mol. The fraction of sp³-hybridized carbons (Fsp3) is 0.688. The standard InChI is InChI=1S/C16H27N3O2/c1-13(2)12-20-7-8-21-16-9-15(10-18-11-16)19-5-3-14(17)4-6-19/h9-11,13-14H,3-8,12,17H2,1-2H3. The van der Waals surface area contributed by atoms with Gasteiger partial charge in [-0.05, 0) is 18.8 Å². The predicted octanol–water partition coefficient (Wildman–Crippen LogP) is 2.06. The Morgan fingerprint density at radius 2 is 2.05 bits per heavy atom. The van der Waals surface area contributed by atoms with E-state index in [1.54, 1.807) is 6.20 Å². The molecule has 1 fully saturated rings. The molecule has 5 nitrogen and oxygen atoms in total. The zero-order valence-electron chi connectivity index (χ0n) is 13.1. The van der Waals surface area contributed by atoms with Gasteiger partial charge in [-0.3, -0.25) is 4.98 Å². The zero-order chi connectivity index (χ0) is 15.1. The van der Waals surface area contributed by atoms with Crippen LogP contribution >= 0.6 is 0 Å². The number of ether oxygens (including phenoxy) is 2. The highest BCUT2D eigenvalue weighted by atomic mass is 16.5. The molecule has 0 aromatic carbocycles. The Hall–Kier alpha value is -1.33. The minimum atomic E-state index is 0.340. The van der Waals surface area contributed by atoms with Crippen LogP contribution in [0.2, 0.25) is 0 Å². The van der Waals surface area contributed by atoms with Gasteiger partial charge in [-0.15, -0.1) is 0 Å². The molecule has 0 saturated carbocycles. The lowest BCUT2D eigenvalue weighted by molar-refractivity contribution is 0.0818. The number of anilines is 1. The Morgan fingerprint density at radius 1 is 1.29 bits per heavy atom. The average Bonchev–Trinajstić information content (AvgIpc) is 2.48. The number of nitrogens with two attached hydrogens (primary N) is 1. The molecule has 1 aromatic heterocycles. The van der Waals surface area contributed by atoms with Gasteiger partial charge in [0.2, 0.25) is 0 Å². The van der Waals surface area contributed by atoms with E-state index in [9.17, 15) is 0 Å². The van der Waals surface area contributed by atoms with Crippen molar-refractivity contribution in [1.82, 2.24) is 4.98 Å². The van der Waals surface area contributed by atoms with Crippen LogP contribution in [0.1, 0.15) is 26.7 Å². The van der Waals surface area contributed by atoms with E-state index in [-0.39, 0.29) is 0 Å². The van der Waals surface area contributed by atoms with Gasteiger partial charge in [0, 0.05) is 31.8 Å². The normalized spacial score (nSPS) is 16.5. The second-order valence-electron chi connectivity index (χ2n) is 6.02. The molecule has 0 bridgehead atoms. The number of hydrogen-bond donors (Lipinski definition) is 1. The third-order valence-electron chi connectivity index (χ3n) is 3.55. The van der Waals surface area contributed by atoms with Gasteiger partial charge in [-0.1, -0.05) is 13.8 Å². The van der Waals surface area contributed by atoms with Crippen LogP contribution < -0.4 is 15.4 Å². The third-order valence-corrected chi connectivity index (χ3v) is 3.55. The molecule has 0 radical (unpaired) electrons. The summed E-state index contributed by atoms with van der Waals surface area (Å²) < 4.78 is 11.2. The van der Waals surface area contributed by atoms with Crippen LogP contribution in [0.15, 0.2) is 18.5 Å². The van der Waals surface area contributed by atoms with Crippen LogP contribution in [0.3, 0.4) is 0 Å². The summed E-state index contributed by atoms with van der Waals surface area (Å²) in [5.74, 6) is 1.36. The van der Waals surface area contributed by atoms with Gasteiger partial charge in [0.25, 0.3) is 0 Å². The highest BCUT2D eigenvalue weighted by Gasteiger charge is 2.16. The van der Waals surface area contributed by atoms with Crippen molar-refractivity contribution in [2.75, 3.05) is 37.8 Å². The van der Waals surface area contributed by atoms with Crippen molar-refractivity contribution < 1.29 is 9.47 Å². The minimum absolute atomic E-state index is 0.340. The van der Waals surface area contributed by atoms with Gasteiger partial charge < -0.3 is 20.1 Å². The quantitative estimate of drug-likeness (QED) is 0.780. The number of rotatable bonds is 7. The van der Waals surface area contributed by atoms with Crippen LogP contribution in [-0.2, 0) is 4.74 Å². The van der Waals surface area contributed by atoms with E-state index < -0.39 is 0 Å². The van der Waals surface area contributed by atoms with Crippen molar-refractivity contribution in [2.24, 2.45) is 11.7 Å². The summed E-state index contributed by atoms with van der Waals surface area (Å²) in [6.07, 6.45) is 5.71. The second kappa shape index (κ2) is 8.20. The molecule has 1 saturated heterocycles. The summed E-state index contributed by atoms with van der Waals surface area (Å²) in [6, 6.07) is 2.39. The summed E-state index contributed by atoms with van der Waals surface area (Å²) >= 11 is 0. The highest BCUT2D eigenvalue weighted by Crippen LogP contribution is 2.22. The second-order valence-corrected chi connectivity index (χ2v) is 6.02. The maximum Gasteiger partial charge on any atom is 0.139 e. The third kappa shape index (κ3) is 5.52. The van der Waals surface area contributed by atoms with Crippen molar-refractivity contribution in [1.29, 1.82) is 0 Å². The first-order valence-corrected chi connectivity index (χ1v) is 7.81. The topological polar surface area (TPSA) is 60.6 Å². The SMILES string of the molecule is CC(C)COCCOc1cncc(N2CCC(N)CC2)c1. The first-order chi connectivity index (χ1) is 10.1. The molecule has 0 amide bonds. The lowest BCUT2D eigenvalue weighted by Crippen LogP contribution is -2.39. The Morgan fingerprint density at radius 3 is 2.76 bits per heavy atom. The maximum atomic E-state index is 5.94. The van der Waals surface area contributed by atoms with Gasteiger partial charge in [0.15, 0.2) is 0 Å². The Bertz CT molecular complexity index is 418. The van der Waals surface area contributed by atoms with E-state index in [0.29, 0.717) is 25.2 Å².